The molecular formula is C16H16ClN3OS. The Bertz CT molecular complexity index is 808. The maximum atomic E-state index is 12.5. The fourth-order valence-corrected chi connectivity index (χ4v) is 3.13. The molecule has 0 aliphatic rings. The molecule has 22 heavy (non-hydrogen) atoms. The van der Waals surface area contributed by atoms with Crippen LogP contribution in [0.3, 0.4) is 0 Å². The lowest BCUT2D eigenvalue weighted by atomic mass is 10.1. The first kappa shape index (κ1) is 15.1. The van der Waals surface area contributed by atoms with E-state index in [1.807, 2.05) is 29.8 Å². The second-order valence-electron chi connectivity index (χ2n) is 5.54. The van der Waals surface area contributed by atoms with Crippen molar-refractivity contribution in [1.82, 2.24) is 9.55 Å². The standard InChI is InChI=1S/C16H16ClN3OS/c1-10(2)8-20-9-13(12-4-3-11(17)7-14(12)20)15(21)19-16-18-5-6-22-16/h3-7,9-10H,8H2,1-2H3,(H,18,19,21). The Morgan fingerprint density at radius 2 is 2.27 bits per heavy atom. The summed E-state index contributed by atoms with van der Waals surface area (Å²) >= 11 is 7.51. The molecule has 0 atom stereocenters. The number of nitrogens with one attached hydrogen (secondary N) is 1. The highest BCUT2D eigenvalue weighted by Gasteiger charge is 2.16. The number of nitrogens with zero attached hydrogens (tertiary/aromatic N) is 2. The molecule has 1 N–H and O–H groups in total. The van der Waals surface area contributed by atoms with Gasteiger partial charge in [-0.2, -0.15) is 0 Å². The van der Waals surface area contributed by atoms with E-state index in [4.69, 9.17) is 11.6 Å². The van der Waals surface area contributed by atoms with Gasteiger partial charge in [0, 0.05) is 34.7 Å². The van der Waals surface area contributed by atoms with Crippen LogP contribution in [0.5, 0.6) is 0 Å². The van der Waals surface area contributed by atoms with Crippen molar-refractivity contribution in [2.45, 2.75) is 20.4 Å². The molecule has 6 heteroatoms. The number of anilines is 1. The van der Waals surface area contributed by atoms with Gasteiger partial charge in [-0.3, -0.25) is 10.1 Å². The third-order valence-corrected chi connectivity index (χ3v) is 4.23. The smallest absolute Gasteiger partial charge is 0.259 e. The van der Waals surface area contributed by atoms with Crippen LogP contribution in [0.2, 0.25) is 5.02 Å². The summed E-state index contributed by atoms with van der Waals surface area (Å²) in [6.45, 7) is 5.12. The number of hydrogen-bond acceptors (Lipinski definition) is 3. The topological polar surface area (TPSA) is 46.9 Å². The molecule has 1 amide bonds. The number of fused-ring (bicyclic) bond motifs is 1. The van der Waals surface area contributed by atoms with E-state index in [9.17, 15) is 4.79 Å². The summed E-state index contributed by atoms with van der Waals surface area (Å²) < 4.78 is 2.09. The molecule has 114 valence electrons. The lowest BCUT2D eigenvalue weighted by Gasteiger charge is -2.08. The zero-order valence-electron chi connectivity index (χ0n) is 12.3. The molecule has 0 spiro atoms. The van der Waals surface area contributed by atoms with Crippen molar-refractivity contribution in [1.29, 1.82) is 0 Å². The minimum Gasteiger partial charge on any atom is -0.346 e. The van der Waals surface area contributed by atoms with Crippen molar-refractivity contribution in [2.24, 2.45) is 5.92 Å². The van der Waals surface area contributed by atoms with Gasteiger partial charge in [0.05, 0.1) is 11.1 Å². The normalized spacial score (nSPS) is 11.3. The Morgan fingerprint density at radius 1 is 1.45 bits per heavy atom. The number of amides is 1. The van der Waals surface area contributed by atoms with E-state index in [1.165, 1.54) is 11.3 Å². The van der Waals surface area contributed by atoms with Crippen LogP contribution in [0.15, 0.2) is 36.0 Å². The first-order valence-electron chi connectivity index (χ1n) is 7.04. The first-order valence-corrected chi connectivity index (χ1v) is 8.29. The second-order valence-corrected chi connectivity index (χ2v) is 6.87. The maximum Gasteiger partial charge on any atom is 0.259 e. The van der Waals surface area contributed by atoms with Gasteiger partial charge in [-0.15, -0.1) is 11.3 Å². The molecule has 0 radical (unpaired) electrons. The molecule has 0 fully saturated rings. The van der Waals surface area contributed by atoms with Crippen molar-refractivity contribution >= 4 is 44.9 Å². The molecule has 2 aromatic heterocycles. The highest BCUT2D eigenvalue weighted by molar-refractivity contribution is 7.13. The molecule has 0 unspecified atom stereocenters. The maximum absolute atomic E-state index is 12.5. The van der Waals surface area contributed by atoms with Crippen LogP contribution in [0.25, 0.3) is 10.9 Å². The minimum absolute atomic E-state index is 0.148. The Balaban J connectivity index is 2.03. The Morgan fingerprint density at radius 3 is 2.95 bits per heavy atom. The van der Waals surface area contributed by atoms with Gasteiger partial charge in [0.1, 0.15) is 0 Å². The van der Waals surface area contributed by atoms with E-state index >= 15 is 0 Å². The minimum atomic E-state index is -0.148. The van der Waals surface area contributed by atoms with Crippen molar-refractivity contribution in [3.8, 4) is 0 Å². The number of carbonyl (C=O) groups is 1. The molecular weight excluding hydrogens is 318 g/mol. The number of thiazole rings is 1. The zero-order valence-corrected chi connectivity index (χ0v) is 13.9. The SMILES string of the molecule is CC(C)Cn1cc(C(=O)Nc2nccs2)c2ccc(Cl)cc21. The number of rotatable bonds is 4. The third kappa shape index (κ3) is 3.00. The van der Waals surface area contributed by atoms with Crippen molar-refractivity contribution in [2.75, 3.05) is 5.32 Å². The summed E-state index contributed by atoms with van der Waals surface area (Å²) in [5.41, 5.74) is 1.62. The summed E-state index contributed by atoms with van der Waals surface area (Å²) in [5, 5.41) is 6.84. The van der Waals surface area contributed by atoms with Crippen molar-refractivity contribution in [3.63, 3.8) is 0 Å². The summed E-state index contributed by atoms with van der Waals surface area (Å²) in [7, 11) is 0. The van der Waals surface area contributed by atoms with E-state index in [0.717, 1.165) is 17.4 Å². The fourth-order valence-electron chi connectivity index (χ4n) is 2.44. The average molecular weight is 334 g/mol. The van der Waals surface area contributed by atoms with Gasteiger partial charge in [0.2, 0.25) is 0 Å². The predicted octanol–water partition coefficient (Wildman–Crippen LogP) is 4.66. The zero-order chi connectivity index (χ0) is 15.7. The molecule has 0 bridgehead atoms. The number of aromatic nitrogens is 2. The van der Waals surface area contributed by atoms with Crippen molar-refractivity contribution in [3.05, 3.63) is 46.6 Å². The molecule has 0 saturated heterocycles. The summed E-state index contributed by atoms with van der Waals surface area (Å²) in [5.74, 6) is 0.328. The Labute approximate surface area is 137 Å². The summed E-state index contributed by atoms with van der Waals surface area (Å²) in [6, 6.07) is 5.61. The molecule has 0 saturated carbocycles. The van der Waals surface area contributed by atoms with E-state index < -0.39 is 0 Å². The van der Waals surface area contributed by atoms with Gasteiger partial charge in [-0.05, 0) is 18.1 Å². The number of benzene rings is 1. The molecule has 0 aliphatic carbocycles. The molecule has 3 aromatic rings. The molecule has 4 nitrogen and oxygen atoms in total. The van der Waals surface area contributed by atoms with Crippen LogP contribution in [-0.2, 0) is 6.54 Å². The van der Waals surface area contributed by atoms with E-state index in [1.54, 1.807) is 6.20 Å². The van der Waals surface area contributed by atoms with E-state index in [2.05, 4.69) is 28.7 Å². The molecule has 3 rings (SSSR count). The Kier molecular flexibility index (Phi) is 4.18. The van der Waals surface area contributed by atoms with Gasteiger partial charge in [-0.25, -0.2) is 4.98 Å². The monoisotopic (exact) mass is 333 g/mol. The van der Waals surface area contributed by atoms with Gasteiger partial charge < -0.3 is 4.57 Å². The third-order valence-electron chi connectivity index (χ3n) is 3.30. The van der Waals surface area contributed by atoms with E-state index in [0.29, 0.717) is 21.6 Å². The lowest BCUT2D eigenvalue weighted by Crippen LogP contribution is -2.11. The van der Waals surface area contributed by atoms with E-state index in [-0.39, 0.29) is 5.91 Å². The number of carbonyl (C=O) groups excluding carboxylic acids is 1. The van der Waals surface area contributed by atoms with Crippen LogP contribution in [0.4, 0.5) is 5.13 Å². The van der Waals surface area contributed by atoms with Crippen LogP contribution in [0.1, 0.15) is 24.2 Å². The molecule has 2 heterocycles. The van der Waals surface area contributed by atoms with Crippen molar-refractivity contribution < 1.29 is 4.79 Å². The van der Waals surface area contributed by atoms with Gasteiger partial charge in [0.15, 0.2) is 5.13 Å². The van der Waals surface area contributed by atoms with Gasteiger partial charge in [0.25, 0.3) is 5.91 Å². The quantitative estimate of drug-likeness (QED) is 0.754. The Hall–Kier alpha value is -1.85. The fraction of sp³-hybridized carbons (Fsp3) is 0.250. The first-order chi connectivity index (χ1) is 10.5. The predicted molar refractivity (Wildman–Crippen MR) is 91.9 cm³/mol. The van der Waals surface area contributed by atoms with Gasteiger partial charge in [-0.1, -0.05) is 31.5 Å². The van der Waals surface area contributed by atoms with Crippen LogP contribution >= 0.6 is 22.9 Å². The number of halogens is 1. The number of hydrogen-bond donors (Lipinski definition) is 1. The average Bonchev–Trinajstić information content (AvgIpc) is 3.07. The summed E-state index contributed by atoms with van der Waals surface area (Å²) in [6.07, 6.45) is 3.56. The van der Waals surface area contributed by atoms with Crippen LogP contribution in [-0.4, -0.2) is 15.5 Å². The van der Waals surface area contributed by atoms with Gasteiger partial charge >= 0.3 is 0 Å². The molecule has 1 aromatic carbocycles. The largest absolute Gasteiger partial charge is 0.346 e. The summed E-state index contributed by atoms with van der Waals surface area (Å²) in [4.78, 5) is 16.6. The van der Waals surface area contributed by atoms with Crippen LogP contribution < -0.4 is 5.32 Å². The van der Waals surface area contributed by atoms with Crippen LogP contribution in [0, 0.1) is 5.92 Å². The molecule has 0 aliphatic heterocycles. The second kappa shape index (κ2) is 6.10. The highest BCUT2D eigenvalue weighted by Crippen LogP contribution is 2.26. The highest BCUT2D eigenvalue weighted by atomic mass is 35.5. The lowest BCUT2D eigenvalue weighted by molar-refractivity contribution is 0.102.